The third-order valence-corrected chi connectivity index (χ3v) is 0. The Morgan fingerprint density at radius 2 is 0.667 bits per heavy atom. The first kappa shape index (κ1) is 66.9. The molecule has 0 aliphatic rings. The average molecular weight is 279 g/mol. The van der Waals surface area contributed by atoms with Crippen molar-refractivity contribution in [3.63, 3.8) is 0 Å². The van der Waals surface area contributed by atoms with Gasteiger partial charge in [-0.2, -0.15) is 0 Å². The minimum absolute atomic E-state index is 0. The minimum Gasteiger partial charge on any atom is 1.00 e. The minimum atomic E-state index is -5.75. The van der Waals surface area contributed by atoms with Gasteiger partial charge in [0.25, 0.3) is 0 Å². The molecule has 0 aromatic rings. The van der Waals surface area contributed by atoms with Gasteiger partial charge in [0, 0.05) is 0 Å². The smallest absolute Gasteiger partial charge is 1.00 e. The summed E-state index contributed by atoms with van der Waals surface area (Å²) in [5, 5.41) is 0. The van der Waals surface area contributed by atoms with Crippen molar-refractivity contribution in [1.29, 1.82) is 0 Å². The Morgan fingerprint density at radius 1 is 0.667 bits per heavy atom. The molecule has 0 unspecified atom stereocenters. The third kappa shape index (κ3) is 411. The predicted octanol–water partition coefficient (Wildman–Crippen LogP) is -13.1. The summed E-state index contributed by atoms with van der Waals surface area (Å²) in [4.78, 5) is 0. The van der Waals surface area contributed by atoms with Crippen LogP contribution in [-0.2, 0) is 7.67 Å². The summed E-state index contributed by atoms with van der Waals surface area (Å²) in [6.45, 7) is 0. The summed E-state index contributed by atoms with van der Waals surface area (Å²) in [7, 11) is 0. The summed E-state index contributed by atoms with van der Waals surface area (Å²) in [5.41, 5.74) is 0. The van der Waals surface area contributed by atoms with Crippen molar-refractivity contribution < 1.29 is 103 Å². The van der Waals surface area contributed by atoms with Gasteiger partial charge in [0.2, 0.25) is 0 Å². The molecule has 0 saturated carbocycles. The molecule has 0 spiro atoms. The molecule has 0 aromatic carbocycles. The zero-order chi connectivity index (χ0) is 4.50. The van der Waals surface area contributed by atoms with E-state index in [0.29, 0.717) is 0 Å². The van der Waals surface area contributed by atoms with E-state index in [9.17, 15) is 0 Å². The number of hydrogen-bond donors (Lipinski definition) is 0. The second-order valence-electron chi connectivity index (χ2n) is 0.408. The fraction of sp³-hybridized carbons (Fsp3) is 0. The van der Waals surface area contributed by atoms with Crippen LogP contribution in [0.15, 0.2) is 0 Å². The van der Waals surface area contributed by atoms with E-state index in [1.165, 1.54) is 0 Å². The van der Waals surface area contributed by atoms with Gasteiger partial charge in [0.05, 0.1) is 0 Å². The van der Waals surface area contributed by atoms with Gasteiger partial charge in [-0.05, 0) is 0 Å². The van der Waals surface area contributed by atoms with E-state index in [1.807, 2.05) is 0 Å². The van der Waals surface area contributed by atoms with Gasteiger partial charge in [0.1, 0.15) is 0 Å². The predicted molar refractivity (Wildman–Crippen MR) is 25.2 cm³/mol. The molecular weight excluding hydrogens is 269 g/mol. The van der Waals surface area contributed by atoms with E-state index in [1.54, 1.807) is 0 Å². The molecule has 9 nitrogen and oxygen atoms in total. The first-order valence-corrected chi connectivity index (χ1v) is 3.46. The summed E-state index contributed by atoms with van der Waals surface area (Å²) in [6, 6.07) is 0. The molecule has 0 saturated heterocycles. The van der Waals surface area contributed by atoms with E-state index in [-0.39, 0.29) is 86.5 Å². The zero-order valence-corrected chi connectivity index (χ0v) is 12.3. The topological polar surface area (TPSA) is 238 Å². The molecule has 0 aliphatic carbocycles. The fourth-order valence-electron chi connectivity index (χ4n) is 0. The van der Waals surface area contributed by atoms with Gasteiger partial charge in [-0.15, -0.1) is 0 Å². The second kappa shape index (κ2) is 29.3. The van der Waals surface area contributed by atoms with E-state index in [0.717, 1.165) is 0 Å². The van der Waals surface area contributed by atoms with Crippen molar-refractivity contribution in [3.8, 4) is 0 Å². The van der Waals surface area contributed by atoms with E-state index in [4.69, 9.17) is 16.0 Å². The van der Waals surface area contributed by atoms with Gasteiger partial charge < -0.3 is 27.4 Å². The Labute approximate surface area is 115 Å². The van der Waals surface area contributed by atoms with E-state index < -0.39 is 13.4 Å². The normalized spacial score (nSPS) is 4.83. The molecule has 10 N–H and O–H groups in total. The zero-order valence-electron chi connectivity index (χ0n) is 6.54. The first-order chi connectivity index (χ1) is 2.00. The van der Waals surface area contributed by atoms with Crippen LogP contribution in [0.1, 0.15) is 0 Å². The quantitative estimate of drug-likeness (QED) is 0.392. The van der Waals surface area contributed by atoms with Crippen LogP contribution < -0.4 is 67.5 Å². The Bertz CT molecular complexity index is 95.7. The average Bonchev–Trinajstić information content (AvgIpc) is 0.722. The molecule has 12 heavy (non-hydrogen) atoms. The van der Waals surface area contributed by atoms with Crippen molar-refractivity contribution in [3.05, 3.63) is 0 Å². The van der Waals surface area contributed by atoms with Crippen LogP contribution in [0, 0.1) is 0 Å². The SMILES string of the molecule is O.O.O.O.O.O=[Se](=O)([O-])[O-].[Na+].[Na+]. The fourth-order valence-corrected chi connectivity index (χ4v) is 0. The van der Waals surface area contributed by atoms with Crippen LogP contribution in [0.4, 0.5) is 0 Å². The van der Waals surface area contributed by atoms with Crippen LogP contribution >= 0.6 is 0 Å². The molecule has 0 atom stereocenters. The van der Waals surface area contributed by atoms with E-state index in [2.05, 4.69) is 0 Å². The first-order valence-electron chi connectivity index (χ1n) is 0.667. The van der Waals surface area contributed by atoms with Crippen molar-refractivity contribution in [2.75, 3.05) is 0 Å². The van der Waals surface area contributed by atoms with E-state index >= 15 is 0 Å². The van der Waals surface area contributed by atoms with Crippen molar-refractivity contribution in [2.24, 2.45) is 0 Å². The molecular formula is H10Na2O9Se. The van der Waals surface area contributed by atoms with Gasteiger partial charge in [-0.1, -0.05) is 0 Å². The van der Waals surface area contributed by atoms with Crippen molar-refractivity contribution in [1.82, 2.24) is 0 Å². The maximum absolute atomic E-state index is 8.59. The molecule has 0 rings (SSSR count). The Kier molecular flexibility index (Phi) is 163. The number of rotatable bonds is 0. The summed E-state index contributed by atoms with van der Waals surface area (Å²) < 4.78 is 34.4. The Morgan fingerprint density at radius 3 is 0.667 bits per heavy atom. The summed E-state index contributed by atoms with van der Waals surface area (Å²) in [5.74, 6) is 0. The molecule has 72 valence electrons. The summed E-state index contributed by atoms with van der Waals surface area (Å²) >= 11 is -5.75. The number of hydrogen-bond acceptors (Lipinski definition) is 4. The van der Waals surface area contributed by atoms with Crippen molar-refractivity contribution in [2.45, 2.75) is 0 Å². The molecule has 0 aliphatic heterocycles. The molecule has 0 amide bonds. The van der Waals surface area contributed by atoms with Crippen LogP contribution in [0.3, 0.4) is 0 Å². The summed E-state index contributed by atoms with van der Waals surface area (Å²) in [6.07, 6.45) is 0. The van der Waals surface area contributed by atoms with Gasteiger partial charge in [-0.25, -0.2) is 0 Å². The van der Waals surface area contributed by atoms with Crippen LogP contribution in [0.5, 0.6) is 0 Å². The molecule has 0 bridgehead atoms. The van der Waals surface area contributed by atoms with Crippen LogP contribution in [0.2, 0.25) is 0 Å². The van der Waals surface area contributed by atoms with Gasteiger partial charge >= 0.3 is 88.5 Å². The standard InChI is InChI=1S/2Na.H2O4Se.5H2O/c;;1-5(2,3)4;;;;;/h;;(H2,1,2,3,4);5*1H2/q2*+1;;;;;;/p-2. The molecule has 0 aromatic heterocycles. The van der Waals surface area contributed by atoms with Gasteiger partial charge in [-0.3, -0.25) is 0 Å². The maximum Gasteiger partial charge on any atom is 1.00 e. The largest absolute Gasteiger partial charge is 1.00 e. The Hall–Kier alpha value is 1.84. The van der Waals surface area contributed by atoms with Crippen LogP contribution in [0.25, 0.3) is 0 Å². The Balaban J connectivity index is -0.00000000381. The maximum atomic E-state index is 8.59. The molecule has 12 heteroatoms. The van der Waals surface area contributed by atoms with Gasteiger partial charge in [0.15, 0.2) is 0 Å². The third-order valence-electron chi connectivity index (χ3n) is 0. The molecule has 0 heterocycles. The van der Waals surface area contributed by atoms with Crippen LogP contribution in [-0.4, -0.2) is 40.7 Å². The molecule has 0 fully saturated rings. The molecule has 0 radical (unpaired) electrons. The monoisotopic (exact) mass is 280 g/mol. The van der Waals surface area contributed by atoms with Crippen molar-refractivity contribution >= 4 is 13.4 Å². The second-order valence-corrected chi connectivity index (χ2v) is 2.12.